The second-order valence-electron chi connectivity index (χ2n) is 3.78. The highest BCUT2D eigenvalue weighted by Gasteiger charge is 2.14. The number of hydrogen-bond acceptors (Lipinski definition) is 5. The van der Waals surface area contributed by atoms with Crippen LogP contribution in [0.1, 0.15) is 17.3 Å². The molecular weight excluding hydrogens is 284 g/mol. The predicted octanol–water partition coefficient (Wildman–Crippen LogP) is -0.112. The number of hydrogen-bond donors (Lipinski definition) is 2. The van der Waals surface area contributed by atoms with Gasteiger partial charge in [-0.2, -0.15) is 0 Å². The summed E-state index contributed by atoms with van der Waals surface area (Å²) in [5.41, 5.74) is 0.171. The molecule has 1 rings (SSSR count). The Morgan fingerprint density at radius 1 is 1.20 bits per heavy atom. The highest BCUT2D eigenvalue weighted by atomic mass is 32.2. The molecule has 1 amide bonds. The third-order valence-corrected chi connectivity index (χ3v) is 3.91. The standard InChI is InChI=1S/C12H16N2O5S/c1-3-14-20(17,18)10-6-4-9(5-7-10)12(16)19-8-11(15)13-2/h4-7,14H,3,8H2,1-2H3,(H,13,15). The molecule has 0 aromatic heterocycles. The molecule has 2 N–H and O–H groups in total. The molecule has 0 spiro atoms. The highest BCUT2D eigenvalue weighted by Crippen LogP contribution is 2.11. The van der Waals surface area contributed by atoms with Gasteiger partial charge in [-0.25, -0.2) is 17.9 Å². The van der Waals surface area contributed by atoms with Crippen LogP contribution < -0.4 is 10.0 Å². The molecule has 0 saturated carbocycles. The average Bonchev–Trinajstić information content (AvgIpc) is 2.44. The van der Waals surface area contributed by atoms with Gasteiger partial charge in [0.25, 0.3) is 5.91 Å². The van der Waals surface area contributed by atoms with Gasteiger partial charge < -0.3 is 10.1 Å². The minimum absolute atomic E-state index is 0.0576. The van der Waals surface area contributed by atoms with Gasteiger partial charge in [0.1, 0.15) is 0 Å². The fourth-order valence-electron chi connectivity index (χ4n) is 1.33. The monoisotopic (exact) mass is 300 g/mol. The summed E-state index contributed by atoms with van der Waals surface area (Å²) >= 11 is 0. The molecule has 8 heteroatoms. The molecule has 0 radical (unpaired) electrons. The Morgan fingerprint density at radius 2 is 1.80 bits per heavy atom. The lowest BCUT2D eigenvalue weighted by atomic mass is 10.2. The van der Waals surface area contributed by atoms with Gasteiger partial charge in [0.15, 0.2) is 6.61 Å². The zero-order valence-corrected chi connectivity index (χ0v) is 12.0. The van der Waals surface area contributed by atoms with Crippen LogP contribution in [0.3, 0.4) is 0 Å². The number of benzene rings is 1. The summed E-state index contributed by atoms with van der Waals surface area (Å²) in [5, 5.41) is 2.31. The maximum absolute atomic E-state index is 11.7. The molecule has 0 atom stereocenters. The van der Waals surface area contributed by atoms with Gasteiger partial charge >= 0.3 is 5.97 Å². The Hall–Kier alpha value is -1.93. The van der Waals surface area contributed by atoms with E-state index in [1.54, 1.807) is 6.92 Å². The van der Waals surface area contributed by atoms with E-state index in [9.17, 15) is 18.0 Å². The van der Waals surface area contributed by atoms with E-state index in [-0.39, 0.29) is 23.6 Å². The summed E-state index contributed by atoms with van der Waals surface area (Å²) in [4.78, 5) is 22.6. The normalized spacial score (nSPS) is 10.9. The van der Waals surface area contributed by atoms with Crippen LogP contribution in [-0.4, -0.2) is 40.5 Å². The van der Waals surface area contributed by atoms with Gasteiger partial charge in [0.2, 0.25) is 10.0 Å². The summed E-state index contributed by atoms with van der Waals surface area (Å²) < 4.78 is 30.4. The van der Waals surface area contributed by atoms with Crippen molar-refractivity contribution < 1.29 is 22.7 Å². The molecule has 1 aromatic carbocycles. The Bertz CT molecular complexity index is 580. The molecule has 0 aliphatic rings. The summed E-state index contributed by atoms with van der Waals surface area (Å²) in [7, 11) is -2.12. The molecular formula is C12H16N2O5S. The molecule has 0 saturated heterocycles. The van der Waals surface area contributed by atoms with E-state index < -0.39 is 21.9 Å². The Morgan fingerprint density at radius 3 is 2.30 bits per heavy atom. The van der Waals surface area contributed by atoms with E-state index in [2.05, 4.69) is 10.0 Å². The Kier molecular flexibility index (Phi) is 5.66. The van der Waals surface area contributed by atoms with Crippen molar-refractivity contribution in [1.29, 1.82) is 0 Å². The number of likely N-dealkylation sites (N-methyl/N-ethyl adjacent to an activating group) is 1. The second kappa shape index (κ2) is 7.01. The van der Waals surface area contributed by atoms with Gasteiger partial charge in [-0.3, -0.25) is 4.79 Å². The van der Waals surface area contributed by atoms with E-state index >= 15 is 0 Å². The van der Waals surface area contributed by atoms with E-state index in [1.165, 1.54) is 31.3 Å². The minimum Gasteiger partial charge on any atom is -0.452 e. The first-order valence-corrected chi connectivity index (χ1v) is 7.36. The maximum Gasteiger partial charge on any atom is 0.338 e. The zero-order valence-electron chi connectivity index (χ0n) is 11.2. The van der Waals surface area contributed by atoms with E-state index in [0.717, 1.165) is 0 Å². The summed E-state index contributed by atoms with van der Waals surface area (Å²) in [6.07, 6.45) is 0. The minimum atomic E-state index is -3.55. The zero-order chi connectivity index (χ0) is 15.2. The summed E-state index contributed by atoms with van der Waals surface area (Å²) in [6.45, 7) is 1.56. The van der Waals surface area contributed by atoms with E-state index in [1.807, 2.05) is 0 Å². The van der Waals surface area contributed by atoms with Crippen LogP contribution in [0, 0.1) is 0 Å². The van der Waals surface area contributed by atoms with Gasteiger partial charge in [0, 0.05) is 13.6 Å². The molecule has 110 valence electrons. The number of amides is 1. The number of nitrogens with one attached hydrogen (secondary N) is 2. The van der Waals surface area contributed by atoms with Crippen molar-refractivity contribution in [3.05, 3.63) is 29.8 Å². The molecule has 0 aliphatic heterocycles. The van der Waals surface area contributed by atoms with Crippen LogP contribution in [0.15, 0.2) is 29.2 Å². The Balaban J connectivity index is 2.76. The molecule has 20 heavy (non-hydrogen) atoms. The van der Waals surface area contributed by atoms with Crippen molar-refractivity contribution in [3.63, 3.8) is 0 Å². The van der Waals surface area contributed by atoms with Crippen LogP contribution in [0.2, 0.25) is 0 Å². The van der Waals surface area contributed by atoms with Crippen LogP contribution in [0.25, 0.3) is 0 Å². The molecule has 0 unspecified atom stereocenters. The smallest absolute Gasteiger partial charge is 0.338 e. The highest BCUT2D eigenvalue weighted by molar-refractivity contribution is 7.89. The van der Waals surface area contributed by atoms with Crippen molar-refractivity contribution in [2.75, 3.05) is 20.2 Å². The third kappa shape index (κ3) is 4.32. The number of ether oxygens (including phenoxy) is 1. The first kappa shape index (κ1) is 16.1. The van der Waals surface area contributed by atoms with Crippen molar-refractivity contribution in [3.8, 4) is 0 Å². The number of sulfonamides is 1. The molecule has 0 fully saturated rings. The van der Waals surface area contributed by atoms with Crippen molar-refractivity contribution >= 4 is 21.9 Å². The molecule has 1 aromatic rings. The van der Waals surface area contributed by atoms with Crippen LogP contribution in [-0.2, 0) is 19.6 Å². The topological polar surface area (TPSA) is 102 Å². The maximum atomic E-state index is 11.7. The lowest BCUT2D eigenvalue weighted by molar-refractivity contribution is -0.123. The van der Waals surface area contributed by atoms with Gasteiger partial charge in [-0.1, -0.05) is 6.92 Å². The summed E-state index contributed by atoms with van der Waals surface area (Å²) in [5.74, 6) is -1.12. The lowest BCUT2D eigenvalue weighted by Crippen LogP contribution is -2.25. The third-order valence-electron chi connectivity index (χ3n) is 2.35. The van der Waals surface area contributed by atoms with Crippen LogP contribution >= 0.6 is 0 Å². The van der Waals surface area contributed by atoms with Crippen LogP contribution in [0.5, 0.6) is 0 Å². The number of carbonyl (C=O) groups excluding carboxylic acids is 2. The van der Waals surface area contributed by atoms with Crippen LogP contribution in [0.4, 0.5) is 0 Å². The van der Waals surface area contributed by atoms with Crippen molar-refractivity contribution in [2.24, 2.45) is 0 Å². The first-order chi connectivity index (χ1) is 9.40. The fraction of sp³-hybridized carbons (Fsp3) is 0.333. The molecule has 0 heterocycles. The molecule has 0 bridgehead atoms. The SMILES string of the molecule is CCNS(=O)(=O)c1ccc(C(=O)OCC(=O)NC)cc1. The lowest BCUT2D eigenvalue weighted by Gasteiger charge is -2.06. The molecule has 7 nitrogen and oxygen atoms in total. The Labute approximate surface area is 117 Å². The molecule has 0 aliphatic carbocycles. The number of rotatable bonds is 6. The summed E-state index contributed by atoms with van der Waals surface area (Å²) in [6, 6.07) is 5.26. The quantitative estimate of drug-likeness (QED) is 0.714. The van der Waals surface area contributed by atoms with E-state index in [4.69, 9.17) is 4.74 Å². The van der Waals surface area contributed by atoms with E-state index in [0.29, 0.717) is 0 Å². The average molecular weight is 300 g/mol. The predicted molar refractivity (Wildman–Crippen MR) is 71.7 cm³/mol. The fourth-order valence-corrected chi connectivity index (χ4v) is 2.37. The number of esters is 1. The van der Waals surface area contributed by atoms with Gasteiger partial charge in [-0.05, 0) is 24.3 Å². The number of carbonyl (C=O) groups is 2. The van der Waals surface area contributed by atoms with Crippen molar-refractivity contribution in [2.45, 2.75) is 11.8 Å². The van der Waals surface area contributed by atoms with Gasteiger partial charge in [-0.15, -0.1) is 0 Å². The second-order valence-corrected chi connectivity index (χ2v) is 5.54. The van der Waals surface area contributed by atoms with Gasteiger partial charge in [0.05, 0.1) is 10.5 Å². The van der Waals surface area contributed by atoms with Crippen molar-refractivity contribution in [1.82, 2.24) is 10.0 Å². The first-order valence-electron chi connectivity index (χ1n) is 5.88. The largest absolute Gasteiger partial charge is 0.452 e.